The van der Waals surface area contributed by atoms with Gasteiger partial charge in [0, 0.05) is 22.0 Å². The van der Waals surface area contributed by atoms with Crippen molar-refractivity contribution in [1.29, 1.82) is 0 Å². The third kappa shape index (κ3) is 3.18. The van der Waals surface area contributed by atoms with Crippen molar-refractivity contribution in [2.45, 2.75) is 44.2 Å². The molecule has 1 saturated carbocycles. The van der Waals surface area contributed by atoms with Crippen LogP contribution in [0.25, 0.3) is 0 Å². The van der Waals surface area contributed by atoms with Crippen molar-refractivity contribution >= 4 is 43.2 Å². The fourth-order valence-corrected chi connectivity index (χ4v) is 4.76. The van der Waals surface area contributed by atoms with Crippen molar-refractivity contribution < 1.29 is 5.11 Å². The Hall–Kier alpha value is -0.170. The number of hydrogen-bond acceptors (Lipinski definition) is 3. The molecular weight excluding hydrogens is 404 g/mol. The molecule has 108 valence electrons. The molecule has 0 aliphatic heterocycles. The first-order valence-corrected chi connectivity index (χ1v) is 9.20. The summed E-state index contributed by atoms with van der Waals surface area (Å²) < 4.78 is 4.09. The Kier molecular flexibility index (Phi) is 4.65. The number of thiophene rings is 1. The van der Waals surface area contributed by atoms with Crippen molar-refractivity contribution in [3.8, 4) is 0 Å². The van der Waals surface area contributed by atoms with Gasteiger partial charge in [0.2, 0.25) is 0 Å². The molecule has 1 N–H and O–H groups in total. The second-order valence-corrected chi connectivity index (χ2v) is 8.47. The highest BCUT2D eigenvalue weighted by Gasteiger charge is 2.19. The maximum atomic E-state index is 10.3. The summed E-state index contributed by atoms with van der Waals surface area (Å²) in [5.74, 6) is 0. The van der Waals surface area contributed by atoms with Crippen LogP contribution in [0.5, 0.6) is 0 Å². The van der Waals surface area contributed by atoms with E-state index in [1.165, 1.54) is 25.7 Å². The highest BCUT2D eigenvalue weighted by Crippen LogP contribution is 2.36. The van der Waals surface area contributed by atoms with Crippen LogP contribution in [-0.2, 0) is 6.42 Å². The zero-order valence-electron chi connectivity index (χ0n) is 10.9. The molecule has 0 spiro atoms. The van der Waals surface area contributed by atoms with Gasteiger partial charge in [-0.2, -0.15) is 5.10 Å². The van der Waals surface area contributed by atoms with Gasteiger partial charge < -0.3 is 5.11 Å². The molecule has 3 rings (SSSR count). The molecule has 1 aliphatic carbocycles. The molecule has 6 heteroatoms. The van der Waals surface area contributed by atoms with E-state index in [-0.39, 0.29) is 0 Å². The fraction of sp³-hybridized carbons (Fsp3) is 0.500. The average Bonchev–Trinajstić information content (AvgIpc) is 3.11. The lowest BCUT2D eigenvalue weighted by molar-refractivity contribution is 0.180. The van der Waals surface area contributed by atoms with Crippen molar-refractivity contribution in [1.82, 2.24) is 9.78 Å². The molecule has 2 aromatic rings. The van der Waals surface area contributed by atoms with E-state index in [2.05, 4.69) is 47.8 Å². The van der Waals surface area contributed by atoms with Gasteiger partial charge in [0.1, 0.15) is 0 Å². The van der Waals surface area contributed by atoms with Gasteiger partial charge >= 0.3 is 0 Å². The Labute approximate surface area is 139 Å². The van der Waals surface area contributed by atoms with E-state index < -0.39 is 6.10 Å². The van der Waals surface area contributed by atoms with Crippen molar-refractivity contribution in [3.63, 3.8) is 0 Å². The van der Waals surface area contributed by atoms with Crippen LogP contribution in [0.15, 0.2) is 26.6 Å². The van der Waals surface area contributed by atoms with E-state index in [1.54, 1.807) is 11.3 Å². The van der Waals surface area contributed by atoms with Crippen LogP contribution in [0.2, 0.25) is 0 Å². The molecule has 0 bridgehead atoms. The monoisotopic (exact) mass is 418 g/mol. The SMILES string of the molecule is OC(Cc1ccn(C2CCCC2)n1)c1cc(Br)c(Br)s1. The molecule has 2 aromatic heterocycles. The van der Waals surface area contributed by atoms with E-state index in [0.717, 1.165) is 18.8 Å². The molecule has 1 atom stereocenters. The van der Waals surface area contributed by atoms with Crippen LogP contribution < -0.4 is 0 Å². The molecule has 3 nitrogen and oxygen atoms in total. The Morgan fingerprint density at radius 1 is 1.40 bits per heavy atom. The predicted molar refractivity (Wildman–Crippen MR) is 88.1 cm³/mol. The Morgan fingerprint density at radius 3 is 2.80 bits per heavy atom. The predicted octanol–water partition coefficient (Wildman–Crippen LogP) is 4.86. The molecule has 0 amide bonds. The summed E-state index contributed by atoms with van der Waals surface area (Å²) in [6.07, 6.45) is 7.20. The summed E-state index contributed by atoms with van der Waals surface area (Å²) in [4.78, 5) is 0.958. The van der Waals surface area contributed by atoms with Crippen LogP contribution in [0, 0.1) is 0 Å². The number of halogens is 2. The smallest absolute Gasteiger partial charge is 0.0938 e. The minimum Gasteiger partial charge on any atom is -0.387 e. The maximum Gasteiger partial charge on any atom is 0.0938 e. The molecule has 1 aliphatic rings. The highest BCUT2D eigenvalue weighted by atomic mass is 79.9. The highest BCUT2D eigenvalue weighted by molar-refractivity contribution is 9.13. The summed E-state index contributed by atoms with van der Waals surface area (Å²) in [6.45, 7) is 0. The van der Waals surface area contributed by atoms with Crippen molar-refractivity contribution in [2.75, 3.05) is 0 Å². The largest absolute Gasteiger partial charge is 0.387 e. The average molecular weight is 420 g/mol. The van der Waals surface area contributed by atoms with Gasteiger partial charge in [-0.05, 0) is 56.8 Å². The summed E-state index contributed by atoms with van der Waals surface area (Å²) in [7, 11) is 0. The second-order valence-electron chi connectivity index (χ2n) is 5.22. The van der Waals surface area contributed by atoms with E-state index in [9.17, 15) is 5.11 Å². The molecule has 0 saturated heterocycles. The molecule has 1 unspecified atom stereocenters. The standard InChI is InChI=1S/C14H16Br2N2OS/c15-11-8-13(20-14(11)16)12(19)7-9-5-6-18(17-9)10-3-1-2-4-10/h5-6,8,10,12,19H,1-4,7H2. The second kappa shape index (κ2) is 6.30. The number of aliphatic hydroxyl groups is 1. The number of nitrogens with zero attached hydrogens (tertiary/aromatic N) is 2. The number of rotatable bonds is 4. The molecule has 1 fully saturated rings. The first-order valence-electron chi connectivity index (χ1n) is 6.80. The van der Waals surface area contributed by atoms with Gasteiger partial charge in [-0.15, -0.1) is 11.3 Å². The van der Waals surface area contributed by atoms with Gasteiger partial charge in [0.15, 0.2) is 0 Å². The first kappa shape index (κ1) is 14.8. The molecular formula is C14H16Br2N2OS. The normalized spacial score (nSPS) is 17.8. The number of aromatic nitrogens is 2. The summed E-state index contributed by atoms with van der Waals surface area (Å²) in [5, 5.41) is 14.9. The van der Waals surface area contributed by atoms with Crippen LogP contribution >= 0.6 is 43.2 Å². The lowest BCUT2D eigenvalue weighted by Gasteiger charge is -2.09. The van der Waals surface area contributed by atoms with Gasteiger partial charge in [-0.1, -0.05) is 12.8 Å². The topological polar surface area (TPSA) is 38.0 Å². The van der Waals surface area contributed by atoms with Gasteiger partial charge in [0.25, 0.3) is 0 Å². The van der Waals surface area contributed by atoms with Crippen molar-refractivity contribution in [2.24, 2.45) is 0 Å². The molecule has 20 heavy (non-hydrogen) atoms. The summed E-state index contributed by atoms with van der Waals surface area (Å²) >= 11 is 8.47. The minimum atomic E-state index is -0.491. The number of aliphatic hydroxyl groups excluding tert-OH is 1. The Bertz CT molecular complexity index is 570. The van der Waals surface area contributed by atoms with E-state index in [1.807, 2.05) is 12.1 Å². The lowest BCUT2D eigenvalue weighted by Crippen LogP contribution is -2.07. The fourth-order valence-electron chi connectivity index (χ4n) is 2.68. The molecule has 2 heterocycles. The third-order valence-corrected chi connectivity index (χ3v) is 7.11. The molecule has 0 aromatic carbocycles. The van der Waals surface area contributed by atoms with Gasteiger partial charge in [-0.3, -0.25) is 4.68 Å². The lowest BCUT2D eigenvalue weighted by atomic mass is 10.2. The molecule has 0 radical (unpaired) electrons. The maximum absolute atomic E-state index is 10.3. The van der Waals surface area contributed by atoms with E-state index in [4.69, 9.17) is 0 Å². The van der Waals surface area contributed by atoms with Crippen LogP contribution in [0.4, 0.5) is 0 Å². The number of hydrogen-bond donors (Lipinski definition) is 1. The zero-order chi connectivity index (χ0) is 14.1. The van der Waals surface area contributed by atoms with Crippen LogP contribution in [0.1, 0.15) is 48.4 Å². The zero-order valence-corrected chi connectivity index (χ0v) is 14.9. The minimum absolute atomic E-state index is 0.491. The van der Waals surface area contributed by atoms with Crippen molar-refractivity contribution in [3.05, 3.63) is 37.2 Å². The van der Waals surface area contributed by atoms with E-state index in [0.29, 0.717) is 12.5 Å². The van der Waals surface area contributed by atoms with Crippen LogP contribution in [0.3, 0.4) is 0 Å². The van der Waals surface area contributed by atoms with Crippen LogP contribution in [-0.4, -0.2) is 14.9 Å². The Balaban J connectivity index is 1.68. The summed E-state index contributed by atoms with van der Waals surface area (Å²) in [6, 6.07) is 4.55. The third-order valence-electron chi connectivity index (χ3n) is 3.76. The quantitative estimate of drug-likeness (QED) is 0.768. The summed E-state index contributed by atoms with van der Waals surface area (Å²) in [5.41, 5.74) is 0.963. The van der Waals surface area contributed by atoms with E-state index >= 15 is 0 Å². The van der Waals surface area contributed by atoms with Gasteiger partial charge in [-0.25, -0.2) is 0 Å². The Morgan fingerprint density at radius 2 is 2.15 bits per heavy atom. The van der Waals surface area contributed by atoms with Gasteiger partial charge in [0.05, 0.1) is 21.6 Å². The first-order chi connectivity index (χ1) is 9.63.